The van der Waals surface area contributed by atoms with E-state index in [0.29, 0.717) is 12.8 Å². The van der Waals surface area contributed by atoms with Gasteiger partial charge in [-0.2, -0.15) is 0 Å². The Morgan fingerprint density at radius 1 is 0.536 bits per heavy atom. The summed E-state index contributed by atoms with van der Waals surface area (Å²) in [5.41, 5.74) is 0. The summed E-state index contributed by atoms with van der Waals surface area (Å²) in [7, 11) is 0. The molecule has 0 aliphatic rings. The molecule has 0 aliphatic heterocycles. The molecular weight excluding hydrogens is 705 g/mol. The van der Waals surface area contributed by atoms with Gasteiger partial charge in [-0.1, -0.05) is 140 Å². The molecule has 56 heavy (non-hydrogen) atoms. The van der Waals surface area contributed by atoms with Gasteiger partial charge in [0.15, 0.2) is 0 Å². The Balaban J connectivity index is 4.34. The zero-order valence-corrected chi connectivity index (χ0v) is 35.6. The Morgan fingerprint density at radius 3 is 1.50 bits per heavy atom. The number of ether oxygens (including phenoxy) is 1. The second-order valence-electron chi connectivity index (χ2n) is 15.1. The first-order chi connectivity index (χ1) is 27.3. The summed E-state index contributed by atoms with van der Waals surface area (Å²) in [6, 6.07) is -1.39. The first kappa shape index (κ1) is 52.8. The predicted molar refractivity (Wildman–Crippen MR) is 231 cm³/mol. The van der Waals surface area contributed by atoms with Crippen LogP contribution < -0.4 is 10.6 Å². The number of aliphatic carboxylic acids is 1. The number of aliphatic hydroxyl groups is 1. The van der Waals surface area contributed by atoms with Crippen molar-refractivity contribution in [1.82, 2.24) is 10.6 Å². The number of esters is 1. The Morgan fingerprint density at radius 2 is 0.982 bits per heavy atom. The highest BCUT2D eigenvalue weighted by Gasteiger charge is 2.19. The van der Waals surface area contributed by atoms with Gasteiger partial charge in [-0.15, -0.1) is 0 Å². The zero-order chi connectivity index (χ0) is 41.2. The van der Waals surface area contributed by atoms with Crippen molar-refractivity contribution in [3.63, 3.8) is 0 Å². The van der Waals surface area contributed by atoms with Gasteiger partial charge in [0.05, 0.1) is 13.2 Å². The third kappa shape index (κ3) is 37.7. The minimum Gasteiger partial charge on any atom is -0.480 e. The number of aliphatic hydroxyl groups excluding tert-OH is 1. The summed E-state index contributed by atoms with van der Waals surface area (Å²) in [5, 5.41) is 22.6. The molecule has 4 N–H and O–H groups in total. The number of carboxylic acids is 1. The maximum absolute atomic E-state index is 12.8. The molecule has 0 aromatic rings. The first-order valence-electron chi connectivity index (χ1n) is 22.5. The van der Waals surface area contributed by atoms with Gasteiger partial charge < -0.3 is 25.6 Å². The van der Waals surface area contributed by atoms with Gasteiger partial charge in [-0.05, 0) is 96.3 Å². The van der Waals surface area contributed by atoms with E-state index in [-0.39, 0.29) is 30.9 Å². The molecule has 0 fully saturated rings. The minimum atomic E-state index is -1.39. The quantitative estimate of drug-likeness (QED) is 0.0275. The average Bonchev–Trinajstić information content (AvgIpc) is 3.18. The van der Waals surface area contributed by atoms with Crippen LogP contribution in [0.5, 0.6) is 0 Å². The molecule has 0 heterocycles. The molecule has 9 nitrogen and oxygen atoms in total. The second-order valence-corrected chi connectivity index (χ2v) is 15.1. The van der Waals surface area contributed by atoms with Crippen LogP contribution in [-0.2, 0) is 23.9 Å². The molecular formula is C47H82N2O7. The number of rotatable bonds is 40. The second kappa shape index (κ2) is 41.4. The van der Waals surface area contributed by atoms with Crippen molar-refractivity contribution in [3.05, 3.63) is 48.6 Å². The lowest BCUT2D eigenvalue weighted by atomic mass is 10.0. The molecule has 0 aliphatic carbocycles. The van der Waals surface area contributed by atoms with Crippen molar-refractivity contribution in [2.75, 3.05) is 13.2 Å². The molecule has 9 heteroatoms. The highest BCUT2D eigenvalue weighted by molar-refractivity contribution is 5.87. The monoisotopic (exact) mass is 787 g/mol. The van der Waals surface area contributed by atoms with Crippen LogP contribution in [0.25, 0.3) is 0 Å². The van der Waals surface area contributed by atoms with Gasteiger partial charge >= 0.3 is 11.9 Å². The molecule has 2 amide bonds. The van der Waals surface area contributed by atoms with Crippen LogP contribution in [0.1, 0.15) is 200 Å². The van der Waals surface area contributed by atoms with Crippen molar-refractivity contribution < 1.29 is 34.1 Å². The van der Waals surface area contributed by atoms with Gasteiger partial charge in [-0.25, -0.2) is 4.79 Å². The fraction of sp³-hybridized carbons (Fsp3) is 0.745. The lowest BCUT2D eigenvalue weighted by molar-refractivity contribution is -0.150. The molecule has 0 bridgehead atoms. The van der Waals surface area contributed by atoms with Crippen LogP contribution in [0.3, 0.4) is 0 Å². The summed E-state index contributed by atoms with van der Waals surface area (Å²) in [4.78, 5) is 47.6. The summed E-state index contributed by atoms with van der Waals surface area (Å²) in [6.07, 6.45) is 48.5. The lowest BCUT2D eigenvalue weighted by Crippen LogP contribution is -2.47. The summed E-state index contributed by atoms with van der Waals surface area (Å²) in [5.74, 6) is -2.33. The van der Waals surface area contributed by atoms with Crippen molar-refractivity contribution in [2.45, 2.75) is 212 Å². The smallest absolute Gasteiger partial charge is 0.328 e. The normalized spacial score (nSPS) is 12.9. The molecule has 2 unspecified atom stereocenters. The molecule has 322 valence electrons. The number of allylic oxidation sites excluding steroid dienone is 8. The lowest BCUT2D eigenvalue weighted by Gasteiger charge is -2.18. The maximum Gasteiger partial charge on any atom is 0.328 e. The van der Waals surface area contributed by atoms with Crippen molar-refractivity contribution in [2.24, 2.45) is 0 Å². The maximum atomic E-state index is 12.8. The van der Waals surface area contributed by atoms with Crippen molar-refractivity contribution in [3.8, 4) is 0 Å². The van der Waals surface area contributed by atoms with E-state index in [2.05, 4.69) is 73.1 Å². The topological polar surface area (TPSA) is 142 Å². The number of amides is 2. The van der Waals surface area contributed by atoms with E-state index in [1.807, 2.05) is 0 Å². The average molecular weight is 787 g/mol. The molecule has 0 rings (SSSR count). The van der Waals surface area contributed by atoms with E-state index in [1.54, 1.807) is 0 Å². The Bertz CT molecular complexity index is 1080. The molecule has 0 aromatic carbocycles. The fourth-order valence-corrected chi connectivity index (χ4v) is 6.31. The van der Waals surface area contributed by atoms with E-state index in [0.717, 1.165) is 83.5 Å². The van der Waals surface area contributed by atoms with E-state index in [1.165, 1.54) is 83.5 Å². The number of hydrogen-bond donors (Lipinski definition) is 4. The largest absolute Gasteiger partial charge is 0.480 e. The number of unbranched alkanes of at least 4 members (excludes halogenated alkanes) is 18. The standard InChI is InChI=1S/C47H82N2O7/c1-3-5-7-9-11-13-15-16-17-18-19-20-22-24-26-31-35-39-46(53)56-42(36-32-28-25-23-21-14-12-10-8-6-4-2)37-33-29-27-30-34-38-44(51)48-40-45(52)49-43(41-50)47(54)55/h11-14,16-17,23,25,42-43,50H,3-10,15,18-22,24,26-41H2,1-2H3,(H,48,51)(H,49,52)(H,54,55)/b13-11-,14-12-,17-16-,25-23-. The Hall–Kier alpha value is -3.20. The van der Waals surface area contributed by atoms with Crippen LogP contribution in [-0.4, -0.2) is 59.3 Å². The van der Waals surface area contributed by atoms with Crippen LogP contribution in [0.4, 0.5) is 0 Å². The summed E-state index contributed by atoms with van der Waals surface area (Å²) < 4.78 is 6.00. The third-order valence-electron chi connectivity index (χ3n) is 9.80. The van der Waals surface area contributed by atoms with Crippen LogP contribution in [0.2, 0.25) is 0 Å². The van der Waals surface area contributed by atoms with E-state index >= 15 is 0 Å². The van der Waals surface area contributed by atoms with Gasteiger partial charge in [-0.3, -0.25) is 14.4 Å². The SMILES string of the molecule is CCCCC/C=C\C/C=C\CCCCCCCCCC(=O)OC(CCC/C=C\C/C=C\CCCCC)CCCCCCCC(=O)NCC(=O)NC(CO)C(=O)O. The highest BCUT2D eigenvalue weighted by Crippen LogP contribution is 2.18. The highest BCUT2D eigenvalue weighted by atomic mass is 16.5. The number of carboxylic acid groups (broad SMARTS) is 1. The molecule has 0 aromatic heterocycles. The number of carbonyl (C=O) groups is 4. The third-order valence-corrected chi connectivity index (χ3v) is 9.80. The van der Waals surface area contributed by atoms with Gasteiger partial charge in [0.2, 0.25) is 11.8 Å². The van der Waals surface area contributed by atoms with Crippen LogP contribution >= 0.6 is 0 Å². The Labute approximate surface area is 341 Å². The number of nitrogens with one attached hydrogen (secondary N) is 2. The molecule has 0 saturated carbocycles. The predicted octanol–water partition coefficient (Wildman–Crippen LogP) is 11.2. The van der Waals surface area contributed by atoms with Gasteiger partial charge in [0, 0.05) is 12.8 Å². The van der Waals surface area contributed by atoms with E-state index < -0.39 is 24.5 Å². The van der Waals surface area contributed by atoms with Crippen LogP contribution in [0.15, 0.2) is 48.6 Å². The molecule has 0 spiro atoms. The molecule has 0 saturated heterocycles. The van der Waals surface area contributed by atoms with Gasteiger partial charge in [0.1, 0.15) is 12.1 Å². The van der Waals surface area contributed by atoms with E-state index in [9.17, 15) is 19.2 Å². The zero-order valence-electron chi connectivity index (χ0n) is 35.6. The van der Waals surface area contributed by atoms with Gasteiger partial charge in [0.25, 0.3) is 0 Å². The van der Waals surface area contributed by atoms with E-state index in [4.69, 9.17) is 14.9 Å². The first-order valence-corrected chi connectivity index (χ1v) is 22.5. The number of carbonyl (C=O) groups excluding carboxylic acids is 3. The van der Waals surface area contributed by atoms with Crippen molar-refractivity contribution in [1.29, 1.82) is 0 Å². The summed E-state index contributed by atoms with van der Waals surface area (Å²) in [6.45, 7) is 3.42. The van der Waals surface area contributed by atoms with Crippen LogP contribution in [0, 0.1) is 0 Å². The molecule has 0 radical (unpaired) electrons. The number of hydrogen-bond acceptors (Lipinski definition) is 6. The Kier molecular flexibility index (Phi) is 39.1. The minimum absolute atomic E-state index is 0.0614. The fourth-order valence-electron chi connectivity index (χ4n) is 6.31. The molecule has 2 atom stereocenters. The van der Waals surface area contributed by atoms with Crippen molar-refractivity contribution >= 4 is 23.8 Å². The summed E-state index contributed by atoms with van der Waals surface area (Å²) >= 11 is 0.